The van der Waals surface area contributed by atoms with E-state index in [1.807, 2.05) is 0 Å². The zero-order chi connectivity index (χ0) is 12.0. The van der Waals surface area contributed by atoms with E-state index in [0.717, 1.165) is 6.08 Å². The van der Waals surface area contributed by atoms with Crippen LogP contribution in [-0.2, 0) is 9.59 Å². The first-order valence-electron chi connectivity index (χ1n) is 4.44. The smallest absolute Gasteiger partial charge is 0.337 e. The largest absolute Gasteiger partial charge is 0.478 e. The van der Waals surface area contributed by atoms with E-state index < -0.39 is 18.5 Å². The number of rotatable bonds is 4. The molecule has 0 spiro atoms. The van der Waals surface area contributed by atoms with Gasteiger partial charge in [0.25, 0.3) is 0 Å². The molecule has 1 rings (SSSR count). The zero-order valence-corrected chi connectivity index (χ0v) is 8.29. The highest BCUT2D eigenvalue weighted by molar-refractivity contribution is 5.85. The number of aliphatic hydroxyl groups excluding tert-OH is 1. The van der Waals surface area contributed by atoms with Gasteiger partial charge in [-0.25, -0.2) is 9.59 Å². The maximum atomic E-state index is 10.7. The van der Waals surface area contributed by atoms with Gasteiger partial charge in [-0.15, -0.1) is 0 Å². The van der Waals surface area contributed by atoms with E-state index in [4.69, 9.17) is 14.9 Å². The number of ether oxygens (including phenoxy) is 1. The summed E-state index contributed by atoms with van der Waals surface area (Å²) in [6.07, 6.45) is 2.43. The molecule has 0 heterocycles. The van der Waals surface area contributed by atoms with E-state index in [1.165, 1.54) is 18.2 Å². The first kappa shape index (κ1) is 11.9. The Kier molecular flexibility index (Phi) is 4.23. The van der Waals surface area contributed by atoms with E-state index in [2.05, 4.69) is 0 Å². The van der Waals surface area contributed by atoms with Gasteiger partial charge in [-0.3, -0.25) is 0 Å². The van der Waals surface area contributed by atoms with E-state index in [-0.39, 0.29) is 0 Å². The lowest BCUT2D eigenvalue weighted by Crippen LogP contribution is -2.11. The summed E-state index contributed by atoms with van der Waals surface area (Å²) in [4.78, 5) is 21.0. The standard InChI is InChI=1S/C11H10O5/c12-7-11(15)16-9-4-1-8(2-5-9)3-6-10(13)14/h1-6,12H,7H2,(H,13,14). The molecule has 5 heteroatoms. The van der Waals surface area contributed by atoms with E-state index in [9.17, 15) is 9.59 Å². The number of carbonyl (C=O) groups is 2. The Morgan fingerprint density at radius 1 is 1.25 bits per heavy atom. The Morgan fingerprint density at radius 2 is 1.88 bits per heavy atom. The van der Waals surface area contributed by atoms with Gasteiger partial charge in [0.05, 0.1) is 0 Å². The fourth-order valence-electron chi connectivity index (χ4n) is 0.978. The van der Waals surface area contributed by atoms with E-state index in [1.54, 1.807) is 12.1 Å². The number of aliphatic hydroxyl groups is 1. The molecule has 0 aliphatic rings. The minimum atomic E-state index is -1.03. The lowest BCUT2D eigenvalue weighted by atomic mass is 10.2. The van der Waals surface area contributed by atoms with Crippen molar-refractivity contribution >= 4 is 18.0 Å². The molecule has 0 bridgehead atoms. The SMILES string of the molecule is O=C(O)C=Cc1ccc(OC(=O)CO)cc1. The first-order chi connectivity index (χ1) is 7.61. The van der Waals surface area contributed by atoms with Crippen molar-refractivity contribution < 1.29 is 24.5 Å². The molecular formula is C11H10O5. The highest BCUT2D eigenvalue weighted by Crippen LogP contribution is 2.13. The van der Waals surface area contributed by atoms with Crippen LogP contribution in [0.15, 0.2) is 30.3 Å². The predicted molar refractivity (Wildman–Crippen MR) is 55.8 cm³/mol. The Bertz CT molecular complexity index is 405. The van der Waals surface area contributed by atoms with Crippen molar-refractivity contribution in [3.63, 3.8) is 0 Å². The molecular weight excluding hydrogens is 212 g/mol. The monoisotopic (exact) mass is 222 g/mol. The second-order valence-corrected chi connectivity index (χ2v) is 2.87. The second kappa shape index (κ2) is 5.67. The van der Waals surface area contributed by atoms with Gasteiger partial charge in [0.1, 0.15) is 12.4 Å². The second-order valence-electron chi connectivity index (χ2n) is 2.87. The number of hydrogen-bond donors (Lipinski definition) is 2. The Balaban J connectivity index is 2.68. The predicted octanol–water partition coefficient (Wildman–Crippen LogP) is 0.682. The number of carboxylic acid groups (broad SMARTS) is 1. The van der Waals surface area contributed by atoms with Crippen molar-refractivity contribution in [2.24, 2.45) is 0 Å². The van der Waals surface area contributed by atoms with Gasteiger partial charge in [0, 0.05) is 6.08 Å². The van der Waals surface area contributed by atoms with E-state index >= 15 is 0 Å². The van der Waals surface area contributed by atoms with Crippen molar-refractivity contribution in [1.29, 1.82) is 0 Å². The third-order valence-corrected chi connectivity index (χ3v) is 1.66. The fourth-order valence-corrected chi connectivity index (χ4v) is 0.978. The molecule has 5 nitrogen and oxygen atoms in total. The van der Waals surface area contributed by atoms with Crippen LogP contribution < -0.4 is 4.74 Å². The topological polar surface area (TPSA) is 83.8 Å². The molecule has 1 aromatic rings. The molecule has 1 aromatic carbocycles. The van der Waals surface area contributed by atoms with Crippen molar-refractivity contribution in [3.05, 3.63) is 35.9 Å². The van der Waals surface area contributed by atoms with Crippen LogP contribution in [0.5, 0.6) is 5.75 Å². The van der Waals surface area contributed by atoms with Crippen LogP contribution in [0.1, 0.15) is 5.56 Å². The van der Waals surface area contributed by atoms with Gasteiger partial charge in [0.15, 0.2) is 0 Å². The molecule has 0 aliphatic carbocycles. The van der Waals surface area contributed by atoms with Crippen molar-refractivity contribution in [2.45, 2.75) is 0 Å². The summed E-state index contributed by atoms with van der Waals surface area (Å²) in [6.45, 7) is -0.680. The van der Waals surface area contributed by atoms with Gasteiger partial charge in [-0.1, -0.05) is 12.1 Å². The van der Waals surface area contributed by atoms with Crippen LogP contribution in [0, 0.1) is 0 Å². The number of aliphatic carboxylic acids is 1. The lowest BCUT2D eigenvalue weighted by molar-refractivity contribution is -0.137. The number of carboxylic acids is 1. The summed E-state index contributed by atoms with van der Waals surface area (Å²) in [5, 5.41) is 16.8. The van der Waals surface area contributed by atoms with Gasteiger partial charge >= 0.3 is 11.9 Å². The van der Waals surface area contributed by atoms with Crippen LogP contribution in [-0.4, -0.2) is 28.8 Å². The Labute approximate surface area is 91.6 Å². The third-order valence-electron chi connectivity index (χ3n) is 1.66. The molecule has 0 fully saturated rings. The van der Waals surface area contributed by atoms with Crippen molar-refractivity contribution in [2.75, 3.05) is 6.61 Å². The van der Waals surface area contributed by atoms with Gasteiger partial charge < -0.3 is 14.9 Å². The quantitative estimate of drug-likeness (QED) is 0.444. The lowest BCUT2D eigenvalue weighted by Gasteiger charge is -2.01. The summed E-state index contributed by atoms with van der Waals surface area (Å²) < 4.78 is 4.71. The molecule has 0 atom stereocenters. The molecule has 0 aromatic heterocycles. The van der Waals surface area contributed by atoms with Crippen LogP contribution in [0.3, 0.4) is 0 Å². The van der Waals surface area contributed by atoms with Crippen LogP contribution in [0.25, 0.3) is 6.08 Å². The minimum Gasteiger partial charge on any atom is -0.478 e. The summed E-state index contributed by atoms with van der Waals surface area (Å²) in [7, 11) is 0. The van der Waals surface area contributed by atoms with Gasteiger partial charge in [-0.05, 0) is 23.8 Å². The van der Waals surface area contributed by atoms with Crippen LogP contribution >= 0.6 is 0 Å². The number of benzene rings is 1. The highest BCUT2D eigenvalue weighted by atomic mass is 16.5. The highest BCUT2D eigenvalue weighted by Gasteiger charge is 2.01. The van der Waals surface area contributed by atoms with Crippen molar-refractivity contribution in [1.82, 2.24) is 0 Å². The summed E-state index contributed by atoms with van der Waals surface area (Å²) in [5.41, 5.74) is 0.672. The zero-order valence-electron chi connectivity index (χ0n) is 8.29. The molecule has 0 amide bonds. The summed E-state index contributed by atoms with van der Waals surface area (Å²) >= 11 is 0. The Morgan fingerprint density at radius 3 is 2.38 bits per heavy atom. The van der Waals surface area contributed by atoms with Gasteiger partial charge in [0.2, 0.25) is 0 Å². The Hall–Kier alpha value is -2.14. The van der Waals surface area contributed by atoms with E-state index in [0.29, 0.717) is 11.3 Å². The summed E-state index contributed by atoms with van der Waals surface area (Å²) in [6, 6.07) is 6.21. The average Bonchev–Trinajstić information content (AvgIpc) is 2.28. The van der Waals surface area contributed by atoms with Crippen molar-refractivity contribution in [3.8, 4) is 5.75 Å². The molecule has 84 valence electrons. The molecule has 16 heavy (non-hydrogen) atoms. The molecule has 0 aliphatic heterocycles. The fraction of sp³-hybridized carbons (Fsp3) is 0.0909. The minimum absolute atomic E-state index is 0.298. The number of esters is 1. The molecule has 2 N–H and O–H groups in total. The molecule has 0 saturated heterocycles. The molecule has 0 unspecified atom stereocenters. The first-order valence-corrected chi connectivity index (χ1v) is 4.44. The normalized spacial score (nSPS) is 10.3. The number of carbonyl (C=O) groups excluding carboxylic acids is 1. The third kappa shape index (κ3) is 3.93. The number of hydrogen-bond acceptors (Lipinski definition) is 4. The summed E-state index contributed by atoms with van der Waals surface area (Å²) in [5.74, 6) is -1.48. The van der Waals surface area contributed by atoms with Crippen LogP contribution in [0.4, 0.5) is 0 Å². The molecule has 0 radical (unpaired) electrons. The maximum absolute atomic E-state index is 10.7. The van der Waals surface area contributed by atoms with Gasteiger partial charge in [-0.2, -0.15) is 0 Å². The maximum Gasteiger partial charge on any atom is 0.337 e. The molecule has 0 saturated carbocycles. The average molecular weight is 222 g/mol. The van der Waals surface area contributed by atoms with Crippen LogP contribution in [0.2, 0.25) is 0 Å².